The summed E-state index contributed by atoms with van der Waals surface area (Å²) in [7, 11) is 0. The molecule has 0 radical (unpaired) electrons. The van der Waals surface area contributed by atoms with Crippen molar-refractivity contribution in [3.05, 3.63) is 18.2 Å². The van der Waals surface area contributed by atoms with Crippen molar-refractivity contribution in [2.75, 3.05) is 0 Å². The Labute approximate surface area is 70.5 Å². The molecule has 1 heterocycles. The number of oxime groups is 1. The van der Waals surface area contributed by atoms with E-state index in [4.69, 9.17) is 10.9 Å². The van der Waals surface area contributed by atoms with E-state index in [-0.39, 0.29) is 5.84 Å². The summed E-state index contributed by atoms with van der Waals surface area (Å²) < 4.78 is 1.84. The third-order valence-corrected chi connectivity index (χ3v) is 1.58. The third kappa shape index (κ3) is 1.75. The summed E-state index contributed by atoms with van der Waals surface area (Å²) >= 11 is 0. The van der Waals surface area contributed by atoms with Crippen molar-refractivity contribution < 1.29 is 5.21 Å². The average Bonchev–Trinajstić information content (AvgIpc) is 2.51. The Kier molecular flexibility index (Phi) is 2.68. The Morgan fingerprint density at radius 1 is 1.83 bits per heavy atom. The van der Waals surface area contributed by atoms with Crippen molar-refractivity contribution in [2.45, 2.75) is 19.9 Å². The van der Waals surface area contributed by atoms with Crippen molar-refractivity contribution in [1.82, 2.24) is 9.55 Å². The lowest BCUT2D eigenvalue weighted by molar-refractivity contribution is 0.316. The molecule has 1 aromatic rings. The van der Waals surface area contributed by atoms with Gasteiger partial charge in [0, 0.05) is 18.8 Å². The average molecular weight is 168 g/mol. The molecule has 0 spiro atoms. The van der Waals surface area contributed by atoms with Gasteiger partial charge in [0.1, 0.15) is 5.82 Å². The van der Waals surface area contributed by atoms with E-state index in [0.29, 0.717) is 6.54 Å². The smallest absolute Gasteiger partial charge is 0.159 e. The second kappa shape index (κ2) is 3.75. The highest BCUT2D eigenvalue weighted by molar-refractivity contribution is 5.79. The van der Waals surface area contributed by atoms with E-state index in [0.717, 1.165) is 12.2 Å². The maximum absolute atomic E-state index is 8.33. The van der Waals surface area contributed by atoms with Crippen molar-refractivity contribution >= 4 is 5.84 Å². The van der Waals surface area contributed by atoms with Crippen LogP contribution < -0.4 is 5.73 Å². The fraction of sp³-hybridized carbons (Fsp3) is 0.429. The largest absolute Gasteiger partial charge is 0.409 e. The predicted octanol–water partition coefficient (Wildman–Crippen LogP) is 0.192. The number of imidazole rings is 1. The van der Waals surface area contributed by atoms with Crippen LogP contribution in [0.2, 0.25) is 0 Å². The van der Waals surface area contributed by atoms with Gasteiger partial charge in [-0.2, -0.15) is 0 Å². The zero-order valence-corrected chi connectivity index (χ0v) is 6.94. The lowest BCUT2D eigenvalue weighted by atomic mass is 10.4. The van der Waals surface area contributed by atoms with E-state index < -0.39 is 0 Å². The fourth-order valence-electron chi connectivity index (χ4n) is 1.00. The molecular weight excluding hydrogens is 156 g/mol. The van der Waals surface area contributed by atoms with Crippen LogP contribution in [0.3, 0.4) is 0 Å². The Balaban J connectivity index is 2.74. The molecule has 3 N–H and O–H groups in total. The molecule has 0 atom stereocenters. The number of hydrogen-bond donors (Lipinski definition) is 2. The van der Waals surface area contributed by atoms with E-state index in [1.54, 1.807) is 12.4 Å². The van der Waals surface area contributed by atoms with Crippen molar-refractivity contribution in [3.63, 3.8) is 0 Å². The highest BCUT2D eigenvalue weighted by atomic mass is 16.4. The first kappa shape index (κ1) is 8.58. The fourth-order valence-corrected chi connectivity index (χ4v) is 1.00. The minimum Gasteiger partial charge on any atom is -0.409 e. The van der Waals surface area contributed by atoms with Crippen LogP contribution in [0, 0.1) is 0 Å². The van der Waals surface area contributed by atoms with E-state index in [9.17, 15) is 0 Å². The van der Waals surface area contributed by atoms with Gasteiger partial charge in [-0.25, -0.2) is 4.98 Å². The lowest BCUT2D eigenvalue weighted by Gasteiger charge is -2.03. The molecule has 1 aromatic heterocycles. The molecule has 0 amide bonds. The maximum Gasteiger partial charge on any atom is 0.159 e. The van der Waals surface area contributed by atoms with Gasteiger partial charge in [0.05, 0.1) is 6.54 Å². The second-order valence-electron chi connectivity index (χ2n) is 2.42. The summed E-state index contributed by atoms with van der Waals surface area (Å²) in [6.07, 6.45) is 4.34. The Morgan fingerprint density at radius 2 is 2.58 bits per heavy atom. The number of aromatic nitrogens is 2. The third-order valence-electron chi connectivity index (χ3n) is 1.58. The van der Waals surface area contributed by atoms with Gasteiger partial charge in [0.15, 0.2) is 5.84 Å². The standard InChI is InChI=1S/C7H12N4O/c1-2-7-9-3-4-11(7)5-6(8)10-12/h3-4,12H,2,5H2,1H3,(H2,8,10). The Bertz CT molecular complexity index is 279. The minimum absolute atomic E-state index is 0.183. The van der Waals surface area contributed by atoms with Gasteiger partial charge in [-0.3, -0.25) is 0 Å². The van der Waals surface area contributed by atoms with Gasteiger partial charge < -0.3 is 15.5 Å². The monoisotopic (exact) mass is 168 g/mol. The first-order valence-electron chi connectivity index (χ1n) is 3.74. The highest BCUT2D eigenvalue weighted by Crippen LogP contribution is 1.97. The normalized spacial score (nSPS) is 11.9. The van der Waals surface area contributed by atoms with Crippen LogP contribution >= 0.6 is 0 Å². The molecule has 0 fully saturated rings. The molecule has 0 aliphatic carbocycles. The van der Waals surface area contributed by atoms with Gasteiger partial charge in [0.2, 0.25) is 0 Å². The molecule has 0 unspecified atom stereocenters. The molecule has 0 aliphatic rings. The molecule has 0 saturated carbocycles. The molecule has 0 saturated heterocycles. The molecule has 12 heavy (non-hydrogen) atoms. The topological polar surface area (TPSA) is 76.4 Å². The number of rotatable bonds is 3. The van der Waals surface area contributed by atoms with Crippen LogP contribution in [-0.4, -0.2) is 20.6 Å². The zero-order valence-electron chi connectivity index (χ0n) is 6.94. The quantitative estimate of drug-likeness (QED) is 0.293. The van der Waals surface area contributed by atoms with Gasteiger partial charge in [-0.15, -0.1) is 0 Å². The number of aryl methyl sites for hydroxylation is 1. The predicted molar refractivity (Wildman–Crippen MR) is 45.0 cm³/mol. The van der Waals surface area contributed by atoms with E-state index >= 15 is 0 Å². The highest BCUT2D eigenvalue weighted by Gasteiger charge is 2.01. The van der Waals surface area contributed by atoms with Gasteiger partial charge in [0.25, 0.3) is 0 Å². The summed E-state index contributed by atoms with van der Waals surface area (Å²) in [6.45, 7) is 2.39. The summed E-state index contributed by atoms with van der Waals surface area (Å²) in [5, 5.41) is 11.2. The molecule has 0 bridgehead atoms. The molecule has 66 valence electrons. The first-order chi connectivity index (χ1) is 5.77. The van der Waals surface area contributed by atoms with Crippen molar-refractivity contribution in [2.24, 2.45) is 10.9 Å². The number of nitrogens with two attached hydrogens (primary N) is 1. The molecule has 1 rings (SSSR count). The van der Waals surface area contributed by atoms with Crippen LogP contribution in [-0.2, 0) is 13.0 Å². The van der Waals surface area contributed by atoms with E-state index in [2.05, 4.69) is 10.1 Å². The SMILES string of the molecule is CCc1nccn1C/C(N)=N/O. The summed E-state index contributed by atoms with van der Waals surface area (Å²) in [6, 6.07) is 0. The Hall–Kier alpha value is -1.52. The summed E-state index contributed by atoms with van der Waals surface area (Å²) in [5.74, 6) is 1.12. The van der Waals surface area contributed by atoms with Gasteiger partial charge in [-0.05, 0) is 0 Å². The Morgan fingerprint density at radius 3 is 3.17 bits per heavy atom. The number of hydrogen-bond acceptors (Lipinski definition) is 3. The number of nitrogens with zero attached hydrogens (tertiary/aromatic N) is 3. The van der Waals surface area contributed by atoms with E-state index in [1.165, 1.54) is 0 Å². The molecule has 5 nitrogen and oxygen atoms in total. The van der Waals surface area contributed by atoms with Crippen LogP contribution in [0.5, 0.6) is 0 Å². The zero-order chi connectivity index (χ0) is 8.97. The van der Waals surface area contributed by atoms with Crippen LogP contribution in [0.15, 0.2) is 17.5 Å². The molecule has 0 aliphatic heterocycles. The van der Waals surface area contributed by atoms with Crippen molar-refractivity contribution in [1.29, 1.82) is 0 Å². The lowest BCUT2D eigenvalue weighted by Crippen LogP contribution is -2.20. The van der Waals surface area contributed by atoms with E-state index in [1.807, 2.05) is 11.5 Å². The molecule has 0 aromatic carbocycles. The van der Waals surface area contributed by atoms with Gasteiger partial charge >= 0.3 is 0 Å². The minimum atomic E-state index is 0.183. The molecule has 5 heteroatoms. The van der Waals surface area contributed by atoms with Crippen molar-refractivity contribution in [3.8, 4) is 0 Å². The van der Waals surface area contributed by atoms with Gasteiger partial charge in [-0.1, -0.05) is 12.1 Å². The van der Waals surface area contributed by atoms with Crippen LogP contribution in [0.25, 0.3) is 0 Å². The number of amidine groups is 1. The van der Waals surface area contributed by atoms with Crippen LogP contribution in [0.4, 0.5) is 0 Å². The summed E-state index contributed by atoms with van der Waals surface area (Å²) in [4.78, 5) is 4.09. The van der Waals surface area contributed by atoms with Crippen LogP contribution in [0.1, 0.15) is 12.7 Å². The molecular formula is C7H12N4O. The second-order valence-corrected chi connectivity index (χ2v) is 2.42. The first-order valence-corrected chi connectivity index (χ1v) is 3.74. The maximum atomic E-state index is 8.33. The summed E-state index contributed by atoms with van der Waals surface area (Å²) in [5.41, 5.74) is 5.34.